The number of hydrogen-bond acceptors (Lipinski definition) is 5. The first-order chi connectivity index (χ1) is 9.44. The van der Waals surface area contributed by atoms with E-state index in [0.717, 1.165) is 5.56 Å². The van der Waals surface area contributed by atoms with Crippen LogP contribution in [0.2, 0.25) is 0 Å². The van der Waals surface area contributed by atoms with Gasteiger partial charge in [0.25, 0.3) is 0 Å². The summed E-state index contributed by atoms with van der Waals surface area (Å²) < 4.78 is 30.0. The number of rotatable bonds is 4. The molecular weight excluding hydrogens is 276 g/mol. The van der Waals surface area contributed by atoms with Crippen molar-refractivity contribution in [2.24, 2.45) is 0 Å². The van der Waals surface area contributed by atoms with Crippen LogP contribution in [0, 0.1) is 6.92 Å². The number of methoxy groups -OCH3 is 1. The van der Waals surface area contributed by atoms with E-state index in [1.165, 1.54) is 7.11 Å². The van der Waals surface area contributed by atoms with E-state index in [2.05, 4.69) is 4.98 Å². The van der Waals surface area contributed by atoms with E-state index in [9.17, 15) is 8.42 Å². The smallest absolute Gasteiger partial charge is 0.217 e. The Morgan fingerprint density at radius 3 is 2.75 bits per heavy atom. The van der Waals surface area contributed by atoms with Crippen molar-refractivity contribution >= 4 is 15.5 Å². The molecule has 106 valence electrons. The number of hydrogen-bond donors (Lipinski definition) is 1. The molecule has 0 radical (unpaired) electrons. The monoisotopic (exact) mass is 292 g/mol. The number of anilines is 1. The molecule has 2 N–H and O–H groups in total. The number of aromatic nitrogens is 1. The molecule has 0 saturated carbocycles. The van der Waals surface area contributed by atoms with E-state index < -0.39 is 9.84 Å². The SMILES string of the molecule is COc1ncccc1CS(=O)(=O)c1cc(C)ccc1N. The van der Waals surface area contributed by atoms with E-state index in [-0.39, 0.29) is 16.3 Å². The number of ether oxygens (including phenoxy) is 1. The standard InChI is InChI=1S/C14H16N2O3S/c1-10-5-6-12(15)13(8-10)20(17,18)9-11-4-3-7-16-14(11)19-2/h3-8H,9,15H2,1-2H3. The maximum absolute atomic E-state index is 12.5. The highest BCUT2D eigenvalue weighted by Gasteiger charge is 2.20. The summed E-state index contributed by atoms with van der Waals surface area (Å²) in [6, 6.07) is 8.30. The highest BCUT2D eigenvalue weighted by atomic mass is 32.2. The van der Waals surface area contributed by atoms with Gasteiger partial charge in [0, 0.05) is 11.8 Å². The summed E-state index contributed by atoms with van der Waals surface area (Å²) in [6.45, 7) is 1.82. The molecule has 0 unspecified atom stereocenters. The molecule has 5 nitrogen and oxygen atoms in total. The molecule has 1 aromatic heterocycles. The fraction of sp³-hybridized carbons (Fsp3) is 0.214. The van der Waals surface area contributed by atoms with Crippen molar-refractivity contribution in [2.75, 3.05) is 12.8 Å². The summed E-state index contributed by atoms with van der Waals surface area (Å²) in [5.41, 5.74) is 7.38. The van der Waals surface area contributed by atoms with Gasteiger partial charge in [-0.1, -0.05) is 12.1 Å². The molecule has 0 aliphatic rings. The van der Waals surface area contributed by atoms with E-state index in [1.54, 1.807) is 36.5 Å². The molecule has 0 aliphatic carbocycles. The Bertz CT molecular complexity index is 727. The van der Waals surface area contributed by atoms with Crippen molar-refractivity contribution in [1.29, 1.82) is 0 Å². The Morgan fingerprint density at radius 1 is 1.30 bits per heavy atom. The van der Waals surface area contributed by atoms with Gasteiger partial charge in [-0.3, -0.25) is 0 Å². The van der Waals surface area contributed by atoms with Crippen LogP contribution >= 0.6 is 0 Å². The third-order valence-electron chi connectivity index (χ3n) is 2.89. The molecule has 0 amide bonds. The Labute approximate surface area is 118 Å². The third-order valence-corrected chi connectivity index (χ3v) is 4.61. The van der Waals surface area contributed by atoms with Crippen molar-refractivity contribution < 1.29 is 13.2 Å². The summed E-state index contributed by atoms with van der Waals surface area (Å²) in [4.78, 5) is 4.14. The van der Waals surface area contributed by atoms with Gasteiger partial charge in [0.2, 0.25) is 5.88 Å². The lowest BCUT2D eigenvalue weighted by molar-refractivity contribution is 0.394. The zero-order chi connectivity index (χ0) is 14.8. The van der Waals surface area contributed by atoms with Crippen molar-refractivity contribution in [3.63, 3.8) is 0 Å². The molecule has 0 spiro atoms. The molecule has 20 heavy (non-hydrogen) atoms. The maximum atomic E-state index is 12.5. The van der Waals surface area contributed by atoms with Crippen LogP contribution in [0.5, 0.6) is 5.88 Å². The second-order valence-corrected chi connectivity index (χ2v) is 6.43. The molecule has 0 aliphatic heterocycles. The number of aryl methyl sites for hydroxylation is 1. The van der Waals surface area contributed by atoms with Crippen LogP contribution in [0.4, 0.5) is 5.69 Å². The second-order valence-electron chi connectivity index (χ2n) is 4.47. The normalized spacial score (nSPS) is 11.3. The number of pyridine rings is 1. The summed E-state index contributed by atoms with van der Waals surface area (Å²) in [6.07, 6.45) is 1.55. The molecule has 2 rings (SSSR count). The lowest BCUT2D eigenvalue weighted by Gasteiger charge is -2.10. The zero-order valence-corrected chi connectivity index (χ0v) is 12.1. The van der Waals surface area contributed by atoms with Crippen molar-refractivity contribution in [2.45, 2.75) is 17.6 Å². The van der Waals surface area contributed by atoms with Crippen molar-refractivity contribution in [1.82, 2.24) is 4.98 Å². The van der Waals surface area contributed by atoms with Crippen LogP contribution in [-0.2, 0) is 15.6 Å². The lowest BCUT2D eigenvalue weighted by atomic mass is 10.2. The Hall–Kier alpha value is -2.08. The minimum absolute atomic E-state index is 0.142. The summed E-state index contributed by atoms with van der Waals surface area (Å²) >= 11 is 0. The van der Waals surface area contributed by atoms with Gasteiger partial charge in [-0.25, -0.2) is 13.4 Å². The molecule has 1 heterocycles. The highest BCUT2D eigenvalue weighted by Crippen LogP contribution is 2.26. The predicted octanol–water partition coefficient (Wildman–Crippen LogP) is 1.95. The fourth-order valence-corrected chi connectivity index (χ4v) is 3.49. The van der Waals surface area contributed by atoms with Gasteiger partial charge in [-0.15, -0.1) is 0 Å². The molecular formula is C14H16N2O3S. The van der Waals surface area contributed by atoms with Crippen LogP contribution in [0.3, 0.4) is 0 Å². The third kappa shape index (κ3) is 2.91. The van der Waals surface area contributed by atoms with Gasteiger partial charge in [0.1, 0.15) is 0 Å². The molecule has 1 aromatic carbocycles. The van der Waals surface area contributed by atoms with Crippen molar-refractivity contribution in [3.8, 4) is 5.88 Å². The zero-order valence-electron chi connectivity index (χ0n) is 11.3. The van der Waals surface area contributed by atoms with Crippen LogP contribution in [0.1, 0.15) is 11.1 Å². The second kappa shape index (κ2) is 5.50. The molecule has 0 fully saturated rings. The average molecular weight is 292 g/mol. The molecule has 0 atom stereocenters. The van der Waals surface area contributed by atoms with Crippen molar-refractivity contribution in [3.05, 3.63) is 47.7 Å². The van der Waals surface area contributed by atoms with Gasteiger partial charge in [0.15, 0.2) is 9.84 Å². The summed E-state index contributed by atoms with van der Waals surface area (Å²) in [5.74, 6) is 0.111. The maximum Gasteiger partial charge on any atom is 0.217 e. The van der Waals surface area contributed by atoms with Crippen LogP contribution in [-0.4, -0.2) is 20.5 Å². The number of nitrogens with zero attached hydrogens (tertiary/aromatic N) is 1. The number of nitrogen functional groups attached to an aromatic ring is 1. The van der Waals surface area contributed by atoms with E-state index in [1.807, 2.05) is 6.92 Å². The van der Waals surface area contributed by atoms with Gasteiger partial charge >= 0.3 is 0 Å². The van der Waals surface area contributed by atoms with E-state index >= 15 is 0 Å². The fourth-order valence-electron chi connectivity index (χ4n) is 1.91. The Balaban J connectivity index is 2.43. The van der Waals surface area contributed by atoms with E-state index in [0.29, 0.717) is 11.4 Å². The van der Waals surface area contributed by atoms with Gasteiger partial charge in [-0.2, -0.15) is 0 Å². The predicted molar refractivity (Wildman–Crippen MR) is 77.3 cm³/mol. The van der Waals surface area contributed by atoms with Crippen LogP contribution < -0.4 is 10.5 Å². The van der Waals surface area contributed by atoms with Crippen LogP contribution in [0.25, 0.3) is 0 Å². The highest BCUT2D eigenvalue weighted by molar-refractivity contribution is 7.90. The first kappa shape index (κ1) is 14.3. The Kier molecular flexibility index (Phi) is 3.94. The molecule has 0 bridgehead atoms. The van der Waals surface area contributed by atoms with Crippen LogP contribution in [0.15, 0.2) is 41.4 Å². The van der Waals surface area contributed by atoms with E-state index in [4.69, 9.17) is 10.5 Å². The number of sulfone groups is 1. The molecule has 2 aromatic rings. The minimum Gasteiger partial charge on any atom is -0.481 e. The largest absolute Gasteiger partial charge is 0.481 e. The van der Waals surface area contributed by atoms with Gasteiger partial charge < -0.3 is 10.5 Å². The minimum atomic E-state index is -3.54. The number of nitrogens with two attached hydrogens (primary N) is 1. The lowest BCUT2D eigenvalue weighted by Crippen LogP contribution is -2.09. The summed E-state index contributed by atoms with van der Waals surface area (Å²) in [7, 11) is -2.09. The van der Waals surface area contributed by atoms with Gasteiger partial charge in [-0.05, 0) is 30.7 Å². The molecule has 0 saturated heterocycles. The first-order valence-electron chi connectivity index (χ1n) is 6.01. The quantitative estimate of drug-likeness (QED) is 0.871. The average Bonchev–Trinajstić information content (AvgIpc) is 2.41. The Morgan fingerprint density at radius 2 is 2.05 bits per heavy atom. The first-order valence-corrected chi connectivity index (χ1v) is 7.66. The van der Waals surface area contributed by atoms with Gasteiger partial charge in [0.05, 0.1) is 23.4 Å². The topological polar surface area (TPSA) is 82.3 Å². The number of benzene rings is 1. The molecule has 6 heteroatoms. The summed E-state index contributed by atoms with van der Waals surface area (Å²) in [5, 5.41) is 0.